The number of carboxylic acid groups (broad SMARTS) is 3. The van der Waals surface area contributed by atoms with Crippen LogP contribution in [0.1, 0.15) is 0 Å². The number of rotatable bonds is 0. The molecule has 0 rings (SSSR count). The fourth-order valence-electron chi connectivity index (χ4n) is 0. The third-order valence-corrected chi connectivity index (χ3v) is 0.234. The molecule has 0 saturated heterocycles. The van der Waals surface area contributed by atoms with Gasteiger partial charge < -0.3 is 15.3 Å². The lowest BCUT2D eigenvalue weighted by molar-refractivity contribution is -0.194. The molecular weight excluding hydrogens is 279 g/mol. The van der Waals surface area contributed by atoms with Crippen molar-refractivity contribution in [3.8, 4) is 0 Å². The van der Waals surface area contributed by atoms with Crippen LogP contribution < -0.4 is 0 Å². The molecule has 0 aromatic carbocycles. The first kappa shape index (κ1) is 29.7. The highest BCUT2D eigenvalue weighted by atomic mass is 27.0. The molecule has 0 spiro atoms. The number of hydrogen-bond donors (Lipinski definition) is 6. The zero-order valence-corrected chi connectivity index (χ0v) is 6.63. The van der Waals surface area contributed by atoms with Gasteiger partial charge in [0.15, 0.2) is 17.4 Å². The second kappa shape index (κ2) is 24.3. The summed E-state index contributed by atoms with van der Waals surface area (Å²) in [6.45, 7) is 0. The molecule has 0 aromatic heterocycles. The largest absolute Gasteiger partial charge is 0.537 e. The van der Waals surface area contributed by atoms with Crippen molar-refractivity contribution in [2.24, 2.45) is 0 Å². The van der Waals surface area contributed by atoms with Crippen LogP contribution >= 0.6 is 0 Å². The first-order valence-electron chi connectivity index (χ1n) is 2.44. The lowest BCUT2D eigenvalue weighted by Gasteiger charge is -1.75. The molecule has 0 amide bonds. The summed E-state index contributed by atoms with van der Waals surface area (Å²) in [5.74, 6) is 0. The van der Waals surface area contributed by atoms with Crippen molar-refractivity contribution in [3.05, 3.63) is 0 Å². The van der Waals surface area contributed by atoms with Crippen LogP contribution in [-0.2, 0) is 14.7 Å². The molecule has 14 heteroatoms. The van der Waals surface area contributed by atoms with Gasteiger partial charge in [-0.15, -0.1) is 0 Å². The maximum Gasteiger partial charge on any atom is 0.537 e. The van der Waals surface area contributed by atoms with Gasteiger partial charge in [0.1, 0.15) is 0 Å². The van der Waals surface area contributed by atoms with Crippen LogP contribution in [0.15, 0.2) is 0 Å². The van der Waals surface area contributed by atoms with Gasteiger partial charge in [-0.05, 0) is 0 Å². The minimum Gasteiger partial charge on any atom is -0.448 e. The summed E-state index contributed by atoms with van der Waals surface area (Å²) in [7, 11) is 0. The SMILES string of the molecule is O=C(O)OO.O=C(O)OO.O=C(O)OO.[AlH3].[MgH2]. The van der Waals surface area contributed by atoms with Crippen molar-refractivity contribution in [1.82, 2.24) is 0 Å². The average Bonchev–Trinajstić information content (AvgIpc) is 2.19. The molecule has 0 saturated carbocycles. The molecular formula is C3H11AlMgO12. The first-order valence-corrected chi connectivity index (χ1v) is 2.44. The smallest absolute Gasteiger partial charge is 0.448 e. The second-order valence-electron chi connectivity index (χ2n) is 1.07. The molecule has 0 fully saturated rings. The molecule has 0 aliphatic carbocycles. The summed E-state index contributed by atoms with van der Waals surface area (Å²) >= 11 is 0. The fourth-order valence-corrected chi connectivity index (χ4v) is 0. The lowest BCUT2D eigenvalue weighted by Crippen LogP contribution is -1.91. The summed E-state index contributed by atoms with van der Waals surface area (Å²) in [4.78, 5) is 34.7. The molecule has 17 heavy (non-hydrogen) atoms. The van der Waals surface area contributed by atoms with E-state index in [1.165, 1.54) is 0 Å². The monoisotopic (exact) mass is 290 g/mol. The van der Waals surface area contributed by atoms with E-state index in [1.807, 2.05) is 0 Å². The van der Waals surface area contributed by atoms with Crippen molar-refractivity contribution >= 4 is 58.9 Å². The van der Waals surface area contributed by atoms with E-state index in [4.69, 9.17) is 45.5 Å². The van der Waals surface area contributed by atoms with E-state index in [-0.39, 0.29) is 40.4 Å². The van der Waals surface area contributed by atoms with E-state index >= 15 is 0 Å². The summed E-state index contributed by atoms with van der Waals surface area (Å²) in [5.41, 5.74) is 0. The first-order chi connectivity index (χ1) is 6.81. The van der Waals surface area contributed by atoms with E-state index < -0.39 is 18.5 Å². The molecule has 0 radical (unpaired) electrons. The second-order valence-corrected chi connectivity index (χ2v) is 1.07. The highest BCUT2D eigenvalue weighted by Crippen LogP contribution is 1.60. The van der Waals surface area contributed by atoms with Crippen LogP contribution in [0.2, 0.25) is 0 Å². The highest BCUT2D eigenvalue weighted by molar-refractivity contribution is 5.76. The maximum absolute atomic E-state index is 8.90. The highest BCUT2D eigenvalue weighted by Gasteiger charge is 1.85. The Morgan fingerprint density at radius 2 is 0.706 bits per heavy atom. The Morgan fingerprint density at radius 1 is 0.647 bits per heavy atom. The lowest BCUT2D eigenvalue weighted by atomic mass is 11.5. The van der Waals surface area contributed by atoms with Gasteiger partial charge in [-0.1, -0.05) is 0 Å². The van der Waals surface area contributed by atoms with E-state index in [9.17, 15) is 0 Å². The van der Waals surface area contributed by atoms with E-state index in [0.29, 0.717) is 0 Å². The Hall–Kier alpha value is -1.01. The van der Waals surface area contributed by atoms with Crippen molar-refractivity contribution in [1.29, 1.82) is 0 Å². The molecule has 0 heterocycles. The molecule has 0 bridgehead atoms. The molecule has 0 atom stereocenters. The van der Waals surface area contributed by atoms with Gasteiger partial charge in [-0.2, -0.15) is 15.8 Å². The summed E-state index contributed by atoms with van der Waals surface area (Å²) in [6, 6.07) is 0. The molecule has 100 valence electrons. The van der Waals surface area contributed by atoms with Gasteiger partial charge in [0.05, 0.1) is 0 Å². The van der Waals surface area contributed by atoms with E-state index in [0.717, 1.165) is 0 Å². The molecule has 0 unspecified atom stereocenters. The van der Waals surface area contributed by atoms with E-state index in [2.05, 4.69) is 14.7 Å². The third-order valence-electron chi connectivity index (χ3n) is 0.234. The van der Waals surface area contributed by atoms with Gasteiger partial charge in [0.2, 0.25) is 0 Å². The van der Waals surface area contributed by atoms with Crippen LogP contribution in [0.25, 0.3) is 0 Å². The van der Waals surface area contributed by atoms with Crippen molar-refractivity contribution in [3.63, 3.8) is 0 Å². The predicted octanol–water partition coefficient (Wildman–Crippen LogP) is -1.64. The Bertz CT molecular complexity index is 161. The van der Waals surface area contributed by atoms with Crippen LogP contribution in [0.5, 0.6) is 0 Å². The van der Waals surface area contributed by atoms with Crippen LogP contribution in [-0.4, -0.2) is 90.0 Å². The van der Waals surface area contributed by atoms with Crippen molar-refractivity contribution in [2.75, 3.05) is 0 Å². The van der Waals surface area contributed by atoms with Crippen LogP contribution in [0.3, 0.4) is 0 Å². The normalized spacial score (nSPS) is 5.82. The molecule has 0 aliphatic rings. The van der Waals surface area contributed by atoms with Gasteiger partial charge in [-0.3, -0.25) is 14.7 Å². The average molecular weight is 290 g/mol. The van der Waals surface area contributed by atoms with Gasteiger partial charge in [0, 0.05) is 0 Å². The summed E-state index contributed by atoms with van der Waals surface area (Å²) < 4.78 is 0. The van der Waals surface area contributed by atoms with E-state index in [1.54, 1.807) is 0 Å². The molecule has 12 nitrogen and oxygen atoms in total. The topological polar surface area (TPSA) is 200 Å². The molecule has 0 aliphatic heterocycles. The quantitative estimate of drug-likeness (QED) is 0.129. The fraction of sp³-hybridized carbons (Fsp3) is 0. The third kappa shape index (κ3) is 102. The molecule has 6 N–H and O–H groups in total. The maximum atomic E-state index is 8.90. The Morgan fingerprint density at radius 3 is 0.706 bits per heavy atom. The standard InChI is InChI=1S/3CH2O4.Al.Mg.5H/c3*2-1(3)5-4;;;;;;;/h3*4H,(H,2,3);;;;;;;. The van der Waals surface area contributed by atoms with Crippen LogP contribution in [0.4, 0.5) is 14.4 Å². The van der Waals surface area contributed by atoms with Gasteiger partial charge >= 0.3 is 41.5 Å². The minimum atomic E-state index is -1.69. The minimum absolute atomic E-state index is 0. The summed E-state index contributed by atoms with van der Waals surface area (Å²) in [6.07, 6.45) is -5.07. The van der Waals surface area contributed by atoms with Crippen molar-refractivity contribution in [2.45, 2.75) is 0 Å². The zero-order valence-electron chi connectivity index (χ0n) is 6.63. The zero-order chi connectivity index (χ0) is 12.9. The molecule has 0 aromatic rings. The number of carbonyl (C=O) groups is 3. The Kier molecular flexibility index (Phi) is 42.5. The Balaban J connectivity index is -0.0000000400. The Labute approximate surface area is 119 Å². The predicted molar refractivity (Wildman–Crippen MR) is 53.7 cm³/mol. The number of hydrogen-bond acceptors (Lipinski definition) is 9. The summed E-state index contributed by atoms with van der Waals surface area (Å²) in [5, 5.41) is 42.9. The van der Waals surface area contributed by atoms with Crippen LogP contribution in [0, 0.1) is 0 Å². The van der Waals surface area contributed by atoms with Crippen molar-refractivity contribution < 1.29 is 60.1 Å². The van der Waals surface area contributed by atoms with Gasteiger partial charge in [-0.25, -0.2) is 14.4 Å². The van der Waals surface area contributed by atoms with Gasteiger partial charge in [0.25, 0.3) is 0 Å².